The number of nitrogens with zero attached hydrogens (tertiary/aromatic N) is 2. The van der Waals surface area contributed by atoms with Gasteiger partial charge in [0, 0.05) is 36.6 Å². The van der Waals surface area contributed by atoms with Crippen LogP contribution in [0.2, 0.25) is 0 Å². The highest BCUT2D eigenvalue weighted by Crippen LogP contribution is 2.29. The maximum Gasteiger partial charge on any atom is 0.209 e. The molecule has 27 heavy (non-hydrogen) atoms. The molecule has 1 aromatic heterocycles. The summed E-state index contributed by atoms with van der Waals surface area (Å²) in [4.78, 5) is 15.5. The third-order valence-electron chi connectivity index (χ3n) is 3.73. The number of hydrogen-bond acceptors (Lipinski definition) is 4. The second-order valence-corrected chi connectivity index (χ2v) is 6.53. The summed E-state index contributed by atoms with van der Waals surface area (Å²) in [6.07, 6.45) is 0.750. The zero-order valence-electron chi connectivity index (χ0n) is 16.3. The van der Waals surface area contributed by atoms with Crippen LogP contribution >= 0.6 is 12.4 Å². The van der Waals surface area contributed by atoms with Gasteiger partial charge in [-0.2, -0.15) is 0 Å². The Hall–Kier alpha value is -2.79. The molecule has 0 bridgehead atoms. The molecule has 144 valence electrons. The summed E-state index contributed by atoms with van der Waals surface area (Å²) in [5.41, 5.74) is 6.40. The Balaban J connectivity index is 0.000000542. The van der Waals surface area contributed by atoms with Crippen molar-refractivity contribution in [3.63, 3.8) is 0 Å². The van der Waals surface area contributed by atoms with Crippen LogP contribution in [0.4, 0.5) is 11.4 Å². The molecule has 1 amide bonds. The van der Waals surface area contributed by atoms with Crippen molar-refractivity contribution in [1.29, 1.82) is 0 Å². The third-order valence-corrected chi connectivity index (χ3v) is 3.73. The maximum absolute atomic E-state index is 9.43. The van der Waals surface area contributed by atoms with Crippen LogP contribution in [0.5, 0.6) is 5.75 Å². The van der Waals surface area contributed by atoms with Crippen LogP contribution in [0, 0.1) is 20.8 Å². The Morgan fingerprint density at radius 2 is 1.63 bits per heavy atom. The highest BCUT2D eigenvalue weighted by atomic mass is 35.5. The quantitative estimate of drug-likeness (QED) is 0.503. The SMILES string of the molecule is CN(C)C=O.Cc1cc(C)c2nc(C)cc(Nc3ccc(O)cc3)c2c1.Cl. The van der Waals surface area contributed by atoms with Gasteiger partial charge in [-0.25, -0.2) is 0 Å². The molecule has 0 aliphatic heterocycles. The van der Waals surface area contributed by atoms with E-state index < -0.39 is 0 Å². The molecule has 0 radical (unpaired) electrons. The van der Waals surface area contributed by atoms with Gasteiger partial charge in [-0.05, 0) is 62.7 Å². The highest BCUT2D eigenvalue weighted by Gasteiger charge is 2.08. The number of aryl methyl sites for hydroxylation is 3. The predicted molar refractivity (Wildman–Crippen MR) is 114 cm³/mol. The molecule has 3 rings (SSSR count). The highest BCUT2D eigenvalue weighted by molar-refractivity contribution is 5.95. The number of hydrogen-bond donors (Lipinski definition) is 2. The zero-order chi connectivity index (χ0) is 19.3. The van der Waals surface area contributed by atoms with Crippen molar-refractivity contribution in [3.05, 3.63) is 59.3 Å². The number of halogens is 1. The summed E-state index contributed by atoms with van der Waals surface area (Å²) in [6, 6.07) is 13.4. The van der Waals surface area contributed by atoms with Crippen LogP contribution in [0.25, 0.3) is 10.9 Å². The van der Waals surface area contributed by atoms with Gasteiger partial charge in [0.25, 0.3) is 0 Å². The number of benzene rings is 2. The van der Waals surface area contributed by atoms with E-state index in [0.29, 0.717) is 0 Å². The van der Waals surface area contributed by atoms with E-state index in [4.69, 9.17) is 0 Å². The van der Waals surface area contributed by atoms with Gasteiger partial charge < -0.3 is 15.3 Å². The topological polar surface area (TPSA) is 65.5 Å². The first-order valence-electron chi connectivity index (χ1n) is 8.36. The molecule has 2 N–H and O–H groups in total. The second kappa shape index (κ2) is 9.78. The van der Waals surface area contributed by atoms with Crippen LogP contribution in [0.3, 0.4) is 0 Å². The summed E-state index contributed by atoms with van der Waals surface area (Å²) in [6.45, 7) is 6.18. The van der Waals surface area contributed by atoms with E-state index in [1.807, 2.05) is 25.1 Å². The first-order valence-corrected chi connectivity index (χ1v) is 8.36. The normalized spacial score (nSPS) is 9.67. The van der Waals surface area contributed by atoms with Crippen LogP contribution in [-0.4, -0.2) is 35.5 Å². The smallest absolute Gasteiger partial charge is 0.209 e. The van der Waals surface area contributed by atoms with Crippen molar-refractivity contribution in [2.75, 3.05) is 19.4 Å². The van der Waals surface area contributed by atoms with Crippen LogP contribution in [0.1, 0.15) is 16.8 Å². The van der Waals surface area contributed by atoms with Gasteiger partial charge in [0.2, 0.25) is 6.41 Å². The number of aromatic hydroxyl groups is 1. The number of rotatable bonds is 3. The number of nitrogens with one attached hydrogen (secondary N) is 1. The fraction of sp³-hybridized carbons (Fsp3) is 0.238. The number of anilines is 2. The number of fused-ring (bicyclic) bond motifs is 1. The minimum atomic E-state index is 0. The molecular formula is C21H26ClN3O2. The molecule has 0 saturated heterocycles. The Morgan fingerprint density at radius 1 is 1.04 bits per heavy atom. The van der Waals surface area contributed by atoms with E-state index in [-0.39, 0.29) is 18.2 Å². The predicted octanol–water partition coefficient (Wildman–Crippen LogP) is 4.74. The zero-order valence-corrected chi connectivity index (χ0v) is 17.1. The average molecular weight is 388 g/mol. The van der Waals surface area contributed by atoms with Crippen LogP contribution < -0.4 is 5.32 Å². The molecule has 0 spiro atoms. The Morgan fingerprint density at radius 3 is 2.19 bits per heavy atom. The molecule has 0 aliphatic carbocycles. The number of aromatic nitrogens is 1. The minimum absolute atomic E-state index is 0. The van der Waals surface area contributed by atoms with Crippen LogP contribution in [-0.2, 0) is 4.79 Å². The number of amides is 1. The summed E-state index contributed by atoms with van der Waals surface area (Å²) in [5.74, 6) is 0.267. The molecule has 0 unspecified atom stereocenters. The van der Waals surface area contributed by atoms with Gasteiger partial charge >= 0.3 is 0 Å². The average Bonchev–Trinajstić information content (AvgIpc) is 2.58. The molecule has 0 saturated carbocycles. The van der Waals surface area contributed by atoms with Gasteiger partial charge in [0.05, 0.1) is 5.52 Å². The molecule has 1 heterocycles. The van der Waals surface area contributed by atoms with Crippen LogP contribution in [0.15, 0.2) is 42.5 Å². The Labute approximate surface area is 166 Å². The molecule has 2 aromatic carbocycles. The van der Waals surface area contributed by atoms with Crippen molar-refractivity contribution in [2.45, 2.75) is 20.8 Å². The van der Waals surface area contributed by atoms with Gasteiger partial charge in [-0.3, -0.25) is 9.78 Å². The lowest BCUT2D eigenvalue weighted by Gasteiger charge is -2.13. The van der Waals surface area contributed by atoms with Crippen molar-refractivity contribution in [3.8, 4) is 5.75 Å². The lowest BCUT2D eigenvalue weighted by Crippen LogP contribution is -2.06. The molecule has 3 aromatic rings. The minimum Gasteiger partial charge on any atom is -0.508 e. The summed E-state index contributed by atoms with van der Waals surface area (Å²) in [7, 11) is 3.38. The molecule has 6 heteroatoms. The third kappa shape index (κ3) is 6.15. The van der Waals surface area contributed by atoms with Gasteiger partial charge in [0.1, 0.15) is 5.75 Å². The van der Waals surface area contributed by atoms with E-state index in [2.05, 4.69) is 36.3 Å². The largest absolute Gasteiger partial charge is 0.508 e. The van der Waals surface area contributed by atoms with Gasteiger partial charge in [-0.1, -0.05) is 11.6 Å². The second-order valence-electron chi connectivity index (χ2n) is 6.53. The first kappa shape index (κ1) is 22.3. The molecular weight excluding hydrogens is 362 g/mol. The lowest BCUT2D eigenvalue weighted by atomic mass is 10.0. The summed E-state index contributed by atoms with van der Waals surface area (Å²) in [5, 5.41) is 13.9. The number of pyridine rings is 1. The van der Waals surface area contributed by atoms with Crippen molar-refractivity contribution in [1.82, 2.24) is 9.88 Å². The fourth-order valence-electron chi connectivity index (χ4n) is 2.61. The first-order chi connectivity index (χ1) is 12.3. The van der Waals surface area contributed by atoms with E-state index in [1.54, 1.807) is 26.2 Å². The number of phenolic OH excluding ortho intramolecular Hbond substituents is 1. The number of phenols is 1. The standard InChI is InChI=1S/C18H18N2O.C3H7NO.ClH/c1-11-8-12(2)18-16(9-11)17(10-13(3)19-18)20-14-4-6-15(21)7-5-14;1-4(2)3-5;/h4-10,21H,1-3H3,(H,19,20);3H,1-2H3;1H. The molecule has 0 atom stereocenters. The fourth-order valence-corrected chi connectivity index (χ4v) is 2.61. The van der Waals surface area contributed by atoms with E-state index in [9.17, 15) is 9.90 Å². The van der Waals surface area contributed by atoms with E-state index >= 15 is 0 Å². The summed E-state index contributed by atoms with van der Waals surface area (Å²) >= 11 is 0. The number of carbonyl (C=O) groups excluding carboxylic acids is 1. The summed E-state index contributed by atoms with van der Waals surface area (Å²) < 4.78 is 0. The van der Waals surface area contributed by atoms with E-state index in [0.717, 1.165) is 34.4 Å². The molecule has 0 fully saturated rings. The molecule has 0 aliphatic rings. The van der Waals surface area contributed by atoms with Crippen molar-refractivity contribution in [2.24, 2.45) is 0 Å². The molecule has 5 nitrogen and oxygen atoms in total. The number of carbonyl (C=O) groups is 1. The van der Waals surface area contributed by atoms with Crippen molar-refractivity contribution >= 4 is 41.1 Å². The Bertz CT molecular complexity index is 909. The van der Waals surface area contributed by atoms with Gasteiger partial charge in [0.15, 0.2) is 0 Å². The maximum atomic E-state index is 9.43. The lowest BCUT2D eigenvalue weighted by molar-refractivity contribution is -0.115. The van der Waals surface area contributed by atoms with E-state index in [1.165, 1.54) is 16.0 Å². The van der Waals surface area contributed by atoms with Crippen molar-refractivity contribution < 1.29 is 9.90 Å². The monoisotopic (exact) mass is 387 g/mol. The Kier molecular flexibility index (Phi) is 8.06. The van der Waals surface area contributed by atoms with Gasteiger partial charge in [-0.15, -0.1) is 12.4 Å².